The first-order valence-corrected chi connectivity index (χ1v) is 13.6. The molecule has 0 aliphatic heterocycles. The standard InChI is InChI=1S/C29H28FN3O5S/c1-37-28-11-6-5-10-27(28)32-29(34)33(21-7-20-31-39(35,36)26-18-12-22(30)13-19-26)23-14-16-25(17-15-23)38-24-8-3-2-4-9-24/h2-6,8-19,31H,7,20-21H2,1H3,(H,32,34). The lowest BCUT2D eigenvalue weighted by Crippen LogP contribution is -2.37. The molecule has 8 nitrogen and oxygen atoms in total. The Hall–Kier alpha value is -4.41. The second kappa shape index (κ2) is 12.9. The van der Waals surface area contributed by atoms with E-state index in [2.05, 4.69) is 10.0 Å². The Morgan fingerprint density at radius 2 is 1.49 bits per heavy atom. The molecule has 4 aromatic rings. The quantitative estimate of drug-likeness (QED) is 0.223. The van der Waals surface area contributed by atoms with Crippen LogP contribution in [0.3, 0.4) is 0 Å². The molecule has 2 amide bonds. The van der Waals surface area contributed by atoms with Crippen LogP contribution in [0.25, 0.3) is 0 Å². The van der Waals surface area contributed by atoms with Gasteiger partial charge in [0.05, 0.1) is 17.7 Å². The molecule has 2 N–H and O–H groups in total. The summed E-state index contributed by atoms with van der Waals surface area (Å²) in [7, 11) is -2.31. The van der Waals surface area contributed by atoms with E-state index in [1.807, 2.05) is 30.3 Å². The molecule has 0 spiro atoms. The second-order valence-electron chi connectivity index (χ2n) is 8.40. The fourth-order valence-corrected chi connectivity index (χ4v) is 4.81. The van der Waals surface area contributed by atoms with E-state index in [-0.39, 0.29) is 18.0 Å². The van der Waals surface area contributed by atoms with Crippen molar-refractivity contribution in [3.63, 3.8) is 0 Å². The molecule has 0 saturated carbocycles. The van der Waals surface area contributed by atoms with E-state index in [9.17, 15) is 17.6 Å². The van der Waals surface area contributed by atoms with E-state index >= 15 is 0 Å². The normalized spacial score (nSPS) is 11.0. The van der Waals surface area contributed by atoms with E-state index in [1.54, 1.807) is 48.5 Å². The first-order valence-electron chi connectivity index (χ1n) is 12.2. The lowest BCUT2D eigenvalue weighted by atomic mass is 10.2. The molecule has 0 aromatic heterocycles. The van der Waals surface area contributed by atoms with Crippen LogP contribution in [0.1, 0.15) is 6.42 Å². The Morgan fingerprint density at radius 1 is 0.846 bits per heavy atom. The van der Waals surface area contributed by atoms with Crippen LogP contribution in [0, 0.1) is 5.82 Å². The van der Waals surface area contributed by atoms with Crippen LogP contribution < -0.4 is 24.4 Å². The maximum Gasteiger partial charge on any atom is 0.326 e. The van der Waals surface area contributed by atoms with E-state index in [0.29, 0.717) is 35.0 Å². The molecule has 4 rings (SSSR count). The highest BCUT2D eigenvalue weighted by Crippen LogP contribution is 2.27. The predicted molar refractivity (Wildman–Crippen MR) is 149 cm³/mol. The molecule has 0 fully saturated rings. The van der Waals surface area contributed by atoms with Gasteiger partial charge in [0.2, 0.25) is 10.0 Å². The molecule has 10 heteroatoms. The summed E-state index contributed by atoms with van der Waals surface area (Å²) in [5.74, 6) is 1.27. The Kier molecular flexibility index (Phi) is 9.14. The Morgan fingerprint density at radius 3 is 2.18 bits per heavy atom. The average Bonchev–Trinajstić information content (AvgIpc) is 2.94. The predicted octanol–water partition coefficient (Wildman–Crippen LogP) is 6.03. The number of anilines is 2. The summed E-state index contributed by atoms with van der Waals surface area (Å²) in [6, 6.07) is 27.5. The van der Waals surface area contributed by atoms with Crippen LogP contribution >= 0.6 is 0 Å². The number of carbonyl (C=O) groups excluding carboxylic acids is 1. The molecule has 202 valence electrons. The smallest absolute Gasteiger partial charge is 0.326 e. The number of urea groups is 1. The van der Waals surface area contributed by atoms with Gasteiger partial charge in [-0.2, -0.15) is 0 Å². The fraction of sp³-hybridized carbons (Fsp3) is 0.138. The molecule has 0 heterocycles. The van der Waals surface area contributed by atoms with Crippen molar-refractivity contribution in [3.05, 3.63) is 109 Å². The molecule has 0 aliphatic carbocycles. The molecular formula is C29H28FN3O5S. The zero-order chi connectivity index (χ0) is 27.7. The Balaban J connectivity index is 1.47. The zero-order valence-corrected chi connectivity index (χ0v) is 22.0. The van der Waals surface area contributed by atoms with Gasteiger partial charge in [-0.25, -0.2) is 22.3 Å². The van der Waals surface area contributed by atoms with Crippen molar-refractivity contribution in [2.45, 2.75) is 11.3 Å². The van der Waals surface area contributed by atoms with Crippen molar-refractivity contribution in [2.24, 2.45) is 0 Å². The maximum atomic E-state index is 13.4. The lowest BCUT2D eigenvalue weighted by Gasteiger charge is -2.24. The number of nitrogens with zero attached hydrogens (tertiary/aromatic N) is 1. The third-order valence-electron chi connectivity index (χ3n) is 5.70. The average molecular weight is 550 g/mol. The SMILES string of the molecule is COc1ccccc1NC(=O)N(CCCNS(=O)(=O)c1ccc(F)cc1)c1ccc(Oc2ccccc2)cc1. The molecule has 0 radical (unpaired) electrons. The summed E-state index contributed by atoms with van der Waals surface area (Å²) < 4.78 is 51.9. The van der Waals surface area contributed by atoms with Gasteiger partial charge in [0.1, 0.15) is 23.1 Å². The Bertz CT molecular complexity index is 1480. The van der Waals surface area contributed by atoms with Crippen molar-refractivity contribution in [3.8, 4) is 17.2 Å². The van der Waals surface area contributed by atoms with Crippen LogP contribution in [0.4, 0.5) is 20.6 Å². The van der Waals surface area contributed by atoms with Crippen molar-refractivity contribution in [1.29, 1.82) is 0 Å². The number of amides is 2. The van der Waals surface area contributed by atoms with Gasteiger partial charge >= 0.3 is 6.03 Å². The number of halogens is 1. The van der Waals surface area contributed by atoms with Crippen molar-refractivity contribution in [1.82, 2.24) is 4.72 Å². The van der Waals surface area contributed by atoms with Gasteiger partial charge in [-0.05, 0) is 79.2 Å². The molecular weight excluding hydrogens is 521 g/mol. The van der Waals surface area contributed by atoms with Gasteiger partial charge in [-0.1, -0.05) is 30.3 Å². The van der Waals surface area contributed by atoms with Gasteiger partial charge in [-0.3, -0.25) is 4.90 Å². The Labute approximate surface area is 227 Å². The van der Waals surface area contributed by atoms with E-state index in [0.717, 1.165) is 12.1 Å². The number of ether oxygens (including phenoxy) is 2. The number of nitrogens with one attached hydrogen (secondary N) is 2. The second-order valence-corrected chi connectivity index (χ2v) is 10.2. The summed E-state index contributed by atoms with van der Waals surface area (Å²) >= 11 is 0. The highest BCUT2D eigenvalue weighted by molar-refractivity contribution is 7.89. The van der Waals surface area contributed by atoms with Crippen LogP contribution in [0.15, 0.2) is 108 Å². The summed E-state index contributed by atoms with van der Waals surface area (Å²) in [6.45, 7) is 0.263. The van der Waals surface area contributed by atoms with E-state index < -0.39 is 21.9 Å². The summed E-state index contributed by atoms with van der Waals surface area (Å²) in [5.41, 5.74) is 1.08. The lowest BCUT2D eigenvalue weighted by molar-refractivity contribution is 0.256. The van der Waals surface area contributed by atoms with Crippen molar-refractivity contribution < 1.29 is 27.1 Å². The largest absolute Gasteiger partial charge is 0.495 e. The van der Waals surface area contributed by atoms with E-state index in [4.69, 9.17) is 9.47 Å². The summed E-state index contributed by atoms with van der Waals surface area (Å²) in [4.78, 5) is 14.8. The van der Waals surface area contributed by atoms with Crippen LogP contribution in [0.2, 0.25) is 0 Å². The molecule has 0 aliphatic rings. The third kappa shape index (κ3) is 7.56. The van der Waals surface area contributed by atoms with Crippen LogP contribution in [0.5, 0.6) is 17.2 Å². The first kappa shape index (κ1) is 27.6. The summed E-state index contributed by atoms with van der Waals surface area (Å²) in [6.07, 6.45) is 0.308. The van der Waals surface area contributed by atoms with Gasteiger partial charge < -0.3 is 14.8 Å². The molecule has 4 aromatic carbocycles. The monoisotopic (exact) mass is 549 g/mol. The van der Waals surface area contributed by atoms with Gasteiger partial charge in [-0.15, -0.1) is 0 Å². The van der Waals surface area contributed by atoms with Gasteiger partial charge in [0.25, 0.3) is 0 Å². The minimum Gasteiger partial charge on any atom is -0.495 e. The highest BCUT2D eigenvalue weighted by Gasteiger charge is 2.19. The zero-order valence-electron chi connectivity index (χ0n) is 21.2. The van der Waals surface area contributed by atoms with Gasteiger partial charge in [0, 0.05) is 18.8 Å². The molecule has 0 bridgehead atoms. The summed E-state index contributed by atoms with van der Waals surface area (Å²) in [5, 5.41) is 2.86. The minimum atomic E-state index is -3.82. The third-order valence-corrected chi connectivity index (χ3v) is 7.17. The number of carbonyl (C=O) groups is 1. The van der Waals surface area contributed by atoms with Crippen molar-refractivity contribution >= 4 is 27.4 Å². The van der Waals surface area contributed by atoms with Gasteiger partial charge in [0.15, 0.2) is 0 Å². The number of methoxy groups -OCH3 is 1. The maximum absolute atomic E-state index is 13.4. The topological polar surface area (TPSA) is 97.0 Å². The molecule has 39 heavy (non-hydrogen) atoms. The number of para-hydroxylation sites is 3. The van der Waals surface area contributed by atoms with E-state index in [1.165, 1.54) is 24.1 Å². The number of sulfonamides is 1. The number of rotatable bonds is 11. The minimum absolute atomic E-state index is 0.0383. The first-order chi connectivity index (χ1) is 18.9. The molecule has 0 saturated heterocycles. The highest BCUT2D eigenvalue weighted by atomic mass is 32.2. The molecule has 0 atom stereocenters. The van der Waals surface area contributed by atoms with Crippen LogP contribution in [-0.2, 0) is 10.0 Å². The number of hydrogen-bond donors (Lipinski definition) is 2. The number of benzene rings is 4. The van der Waals surface area contributed by atoms with Crippen LogP contribution in [-0.4, -0.2) is 34.6 Å². The number of hydrogen-bond acceptors (Lipinski definition) is 5. The fourth-order valence-electron chi connectivity index (χ4n) is 3.74. The van der Waals surface area contributed by atoms with Crippen molar-refractivity contribution in [2.75, 3.05) is 30.4 Å². The molecule has 0 unspecified atom stereocenters.